The van der Waals surface area contributed by atoms with Crippen LogP contribution >= 0.6 is 0 Å². The van der Waals surface area contributed by atoms with Crippen molar-refractivity contribution in [1.82, 2.24) is 4.90 Å². The van der Waals surface area contributed by atoms with Gasteiger partial charge in [0.1, 0.15) is 0 Å². The molecule has 6 nitrogen and oxygen atoms in total. The van der Waals surface area contributed by atoms with E-state index in [9.17, 15) is 4.79 Å². The molecule has 1 unspecified atom stereocenters. The van der Waals surface area contributed by atoms with Crippen molar-refractivity contribution >= 4 is 5.91 Å². The molecule has 1 heterocycles. The van der Waals surface area contributed by atoms with Crippen molar-refractivity contribution in [2.24, 2.45) is 0 Å². The van der Waals surface area contributed by atoms with E-state index in [1.54, 1.807) is 39.5 Å². The second-order valence-corrected chi connectivity index (χ2v) is 6.57. The number of amides is 1. The molecule has 2 aromatic carbocycles. The highest BCUT2D eigenvalue weighted by atomic mass is 16.5. The monoisotopic (exact) mass is 385 g/mol. The van der Waals surface area contributed by atoms with Crippen LogP contribution in [-0.2, 0) is 0 Å². The number of ether oxygens (including phenoxy) is 4. The van der Waals surface area contributed by atoms with Crippen LogP contribution < -0.4 is 18.9 Å². The van der Waals surface area contributed by atoms with Gasteiger partial charge in [-0.2, -0.15) is 0 Å². The highest BCUT2D eigenvalue weighted by Crippen LogP contribution is 2.38. The van der Waals surface area contributed by atoms with Crippen LogP contribution in [0.25, 0.3) is 0 Å². The van der Waals surface area contributed by atoms with E-state index >= 15 is 0 Å². The largest absolute Gasteiger partial charge is 0.493 e. The molecule has 0 N–H and O–H groups in total. The number of carbonyl (C=O) groups is 1. The number of benzene rings is 2. The normalized spacial score (nSPS) is 16.0. The Labute approximate surface area is 166 Å². The standard InChI is InChI=1S/C22H27NO5/c1-5-28-19-11-9-16(14-21(19)27-4)22(24)23-12-6-7-17(23)15-8-10-18(25-2)20(13-15)26-3/h8-11,13-14,17H,5-7,12H2,1-4H3. The molecular formula is C22H27NO5. The molecule has 0 aliphatic carbocycles. The van der Waals surface area contributed by atoms with Gasteiger partial charge in [-0.25, -0.2) is 0 Å². The lowest BCUT2D eigenvalue weighted by Crippen LogP contribution is -2.30. The summed E-state index contributed by atoms with van der Waals surface area (Å²) in [5.74, 6) is 2.54. The average molecular weight is 385 g/mol. The van der Waals surface area contributed by atoms with Gasteiger partial charge in [0.05, 0.1) is 34.0 Å². The Morgan fingerprint density at radius 2 is 1.64 bits per heavy atom. The smallest absolute Gasteiger partial charge is 0.254 e. The third-order valence-electron chi connectivity index (χ3n) is 5.02. The van der Waals surface area contributed by atoms with Crippen LogP contribution in [0.15, 0.2) is 36.4 Å². The predicted octanol–water partition coefficient (Wildman–Crippen LogP) is 4.09. The van der Waals surface area contributed by atoms with Crippen LogP contribution in [0.1, 0.15) is 41.7 Å². The lowest BCUT2D eigenvalue weighted by atomic mass is 10.0. The van der Waals surface area contributed by atoms with Crippen LogP contribution in [0.5, 0.6) is 23.0 Å². The van der Waals surface area contributed by atoms with E-state index in [0.29, 0.717) is 41.7 Å². The quantitative estimate of drug-likeness (QED) is 0.719. The molecule has 0 saturated carbocycles. The number of hydrogen-bond acceptors (Lipinski definition) is 5. The summed E-state index contributed by atoms with van der Waals surface area (Å²) in [6.07, 6.45) is 1.87. The van der Waals surface area contributed by atoms with E-state index in [1.165, 1.54) is 0 Å². The van der Waals surface area contributed by atoms with Gasteiger partial charge in [-0.3, -0.25) is 4.79 Å². The molecule has 1 fully saturated rings. The summed E-state index contributed by atoms with van der Waals surface area (Å²) >= 11 is 0. The van der Waals surface area contributed by atoms with Crippen LogP contribution in [-0.4, -0.2) is 45.3 Å². The zero-order valence-corrected chi connectivity index (χ0v) is 16.9. The maximum atomic E-state index is 13.2. The Balaban J connectivity index is 1.87. The number of nitrogens with zero attached hydrogens (tertiary/aromatic N) is 1. The molecule has 0 aromatic heterocycles. The summed E-state index contributed by atoms with van der Waals surface area (Å²) in [4.78, 5) is 15.1. The summed E-state index contributed by atoms with van der Waals surface area (Å²) < 4.78 is 21.7. The van der Waals surface area contributed by atoms with Crippen molar-refractivity contribution < 1.29 is 23.7 Å². The first-order chi connectivity index (χ1) is 13.6. The van der Waals surface area contributed by atoms with E-state index in [-0.39, 0.29) is 11.9 Å². The first-order valence-electron chi connectivity index (χ1n) is 9.46. The topological polar surface area (TPSA) is 57.2 Å². The number of rotatable bonds is 7. The van der Waals surface area contributed by atoms with E-state index in [2.05, 4.69) is 0 Å². The summed E-state index contributed by atoms with van der Waals surface area (Å²) in [6, 6.07) is 11.2. The summed E-state index contributed by atoms with van der Waals surface area (Å²) in [5, 5.41) is 0. The molecule has 3 rings (SSSR count). The molecule has 1 aliphatic rings. The van der Waals surface area contributed by atoms with Crippen LogP contribution in [0, 0.1) is 0 Å². The molecule has 0 spiro atoms. The molecule has 28 heavy (non-hydrogen) atoms. The van der Waals surface area contributed by atoms with Crippen molar-refractivity contribution in [2.45, 2.75) is 25.8 Å². The van der Waals surface area contributed by atoms with Gasteiger partial charge >= 0.3 is 0 Å². The summed E-state index contributed by atoms with van der Waals surface area (Å²) in [7, 11) is 4.81. The van der Waals surface area contributed by atoms with Crippen LogP contribution in [0.4, 0.5) is 0 Å². The van der Waals surface area contributed by atoms with Crippen molar-refractivity contribution in [3.63, 3.8) is 0 Å². The fourth-order valence-electron chi connectivity index (χ4n) is 3.66. The highest BCUT2D eigenvalue weighted by molar-refractivity contribution is 5.95. The third kappa shape index (κ3) is 3.86. The number of methoxy groups -OCH3 is 3. The Bertz CT molecular complexity index is 836. The maximum absolute atomic E-state index is 13.2. The zero-order chi connectivity index (χ0) is 20.1. The fraction of sp³-hybridized carbons (Fsp3) is 0.409. The average Bonchev–Trinajstić information content (AvgIpc) is 3.23. The second-order valence-electron chi connectivity index (χ2n) is 6.57. The van der Waals surface area contributed by atoms with Crippen molar-refractivity contribution in [1.29, 1.82) is 0 Å². The van der Waals surface area contributed by atoms with Crippen molar-refractivity contribution in [2.75, 3.05) is 34.5 Å². The molecule has 1 saturated heterocycles. The zero-order valence-electron chi connectivity index (χ0n) is 16.9. The van der Waals surface area contributed by atoms with Crippen molar-refractivity contribution in [3.8, 4) is 23.0 Å². The van der Waals surface area contributed by atoms with Crippen molar-refractivity contribution in [3.05, 3.63) is 47.5 Å². The summed E-state index contributed by atoms with van der Waals surface area (Å²) in [5.41, 5.74) is 1.63. The lowest BCUT2D eigenvalue weighted by molar-refractivity contribution is 0.0735. The first kappa shape index (κ1) is 19.9. The molecule has 2 aromatic rings. The van der Waals surface area contributed by atoms with Gasteiger partial charge in [0.2, 0.25) is 0 Å². The minimum atomic E-state index is -0.0152. The van der Waals surface area contributed by atoms with Crippen LogP contribution in [0.2, 0.25) is 0 Å². The maximum Gasteiger partial charge on any atom is 0.254 e. The molecule has 150 valence electrons. The van der Waals surface area contributed by atoms with Gasteiger partial charge in [-0.05, 0) is 55.7 Å². The summed E-state index contributed by atoms with van der Waals surface area (Å²) in [6.45, 7) is 3.17. The Morgan fingerprint density at radius 1 is 0.964 bits per heavy atom. The number of hydrogen-bond donors (Lipinski definition) is 0. The molecular weight excluding hydrogens is 358 g/mol. The first-order valence-corrected chi connectivity index (χ1v) is 9.46. The third-order valence-corrected chi connectivity index (χ3v) is 5.02. The highest BCUT2D eigenvalue weighted by Gasteiger charge is 2.31. The molecule has 0 radical (unpaired) electrons. The Kier molecular flexibility index (Phi) is 6.29. The molecule has 1 amide bonds. The SMILES string of the molecule is CCOc1ccc(C(=O)N2CCCC2c2ccc(OC)c(OC)c2)cc1OC. The van der Waals surface area contributed by atoms with Gasteiger partial charge in [0.15, 0.2) is 23.0 Å². The van der Waals surface area contributed by atoms with E-state index in [0.717, 1.165) is 18.4 Å². The van der Waals surface area contributed by atoms with Gasteiger partial charge in [0, 0.05) is 12.1 Å². The van der Waals surface area contributed by atoms with Gasteiger partial charge in [0.25, 0.3) is 5.91 Å². The van der Waals surface area contributed by atoms with E-state index in [4.69, 9.17) is 18.9 Å². The molecule has 1 aliphatic heterocycles. The fourth-order valence-corrected chi connectivity index (χ4v) is 3.66. The Hall–Kier alpha value is -2.89. The second kappa shape index (κ2) is 8.87. The molecule has 6 heteroatoms. The molecule has 1 atom stereocenters. The lowest BCUT2D eigenvalue weighted by Gasteiger charge is -2.26. The van der Waals surface area contributed by atoms with E-state index < -0.39 is 0 Å². The van der Waals surface area contributed by atoms with Crippen LogP contribution in [0.3, 0.4) is 0 Å². The van der Waals surface area contributed by atoms with E-state index in [1.807, 2.05) is 30.0 Å². The predicted molar refractivity (Wildman–Crippen MR) is 107 cm³/mol. The minimum Gasteiger partial charge on any atom is -0.493 e. The van der Waals surface area contributed by atoms with Gasteiger partial charge in [-0.15, -0.1) is 0 Å². The van der Waals surface area contributed by atoms with Gasteiger partial charge < -0.3 is 23.8 Å². The van der Waals surface area contributed by atoms with Gasteiger partial charge in [-0.1, -0.05) is 6.07 Å². The molecule has 0 bridgehead atoms. The Morgan fingerprint density at radius 3 is 2.32 bits per heavy atom. The number of carbonyl (C=O) groups excluding carboxylic acids is 1. The number of likely N-dealkylation sites (tertiary alicyclic amines) is 1. The minimum absolute atomic E-state index is 0.00451.